The second-order valence-electron chi connectivity index (χ2n) is 4.10. The summed E-state index contributed by atoms with van der Waals surface area (Å²) in [5, 5.41) is 13.3. The predicted molar refractivity (Wildman–Crippen MR) is 70.0 cm³/mol. The molecule has 3 nitrogen and oxygen atoms in total. The molecule has 0 fully saturated rings. The van der Waals surface area contributed by atoms with Gasteiger partial charge < -0.3 is 9.62 Å². The van der Waals surface area contributed by atoms with Crippen molar-refractivity contribution >= 4 is 16.7 Å². The van der Waals surface area contributed by atoms with Gasteiger partial charge in [-0.3, -0.25) is 0 Å². The molecule has 0 radical (unpaired) electrons. The highest BCUT2D eigenvalue weighted by Gasteiger charge is 2.13. The molecule has 0 spiro atoms. The molecule has 0 bridgehead atoms. The fraction of sp³-hybridized carbons (Fsp3) is 0. The van der Waals surface area contributed by atoms with Gasteiger partial charge in [0.05, 0.1) is 0 Å². The lowest BCUT2D eigenvalue weighted by Crippen LogP contribution is -2.01. The number of para-hydroxylation sites is 1. The Balaban J connectivity index is 2.09. The van der Waals surface area contributed by atoms with Gasteiger partial charge in [0, 0.05) is 10.9 Å². The van der Waals surface area contributed by atoms with Crippen LogP contribution in [0.5, 0.6) is 0 Å². The predicted octanol–water partition coefficient (Wildman–Crippen LogP) is 3.80. The third kappa shape index (κ3) is 2.08. The van der Waals surface area contributed by atoms with Gasteiger partial charge in [0.25, 0.3) is 0 Å². The van der Waals surface area contributed by atoms with Crippen molar-refractivity contribution in [1.29, 1.82) is 0 Å². The van der Waals surface area contributed by atoms with E-state index in [0.29, 0.717) is 16.9 Å². The molecule has 2 aromatic carbocycles. The first-order valence-electron chi connectivity index (χ1n) is 5.75. The molecule has 19 heavy (non-hydrogen) atoms. The Morgan fingerprint density at radius 1 is 1.05 bits per heavy atom. The topological polar surface area (TPSA) is 45.7 Å². The Hall–Kier alpha value is -2.62. The number of fused-ring (bicyclic) bond motifs is 1. The third-order valence-electron chi connectivity index (χ3n) is 2.88. The first-order valence-corrected chi connectivity index (χ1v) is 5.75. The van der Waals surface area contributed by atoms with Crippen LogP contribution >= 0.6 is 0 Å². The molecular formula is C15H10FNO2. The number of oxime groups is 1. The van der Waals surface area contributed by atoms with Crippen LogP contribution in [0.1, 0.15) is 11.3 Å². The van der Waals surface area contributed by atoms with E-state index < -0.39 is 0 Å². The van der Waals surface area contributed by atoms with Gasteiger partial charge in [-0.1, -0.05) is 23.4 Å². The van der Waals surface area contributed by atoms with E-state index in [0.717, 1.165) is 5.39 Å². The Kier molecular flexibility index (Phi) is 2.76. The highest BCUT2D eigenvalue weighted by Crippen LogP contribution is 2.21. The number of rotatable bonds is 2. The number of hydrogen-bond acceptors (Lipinski definition) is 3. The van der Waals surface area contributed by atoms with Crippen molar-refractivity contribution in [3.05, 3.63) is 71.7 Å². The minimum atomic E-state index is -0.342. The zero-order valence-electron chi connectivity index (χ0n) is 9.88. The van der Waals surface area contributed by atoms with Gasteiger partial charge in [-0.2, -0.15) is 0 Å². The van der Waals surface area contributed by atoms with Gasteiger partial charge >= 0.3 is 0 Å². The van der Waals surface area contributed by atoms with Gasteiger partial charge in [-0.05, 0) is 36.4 Å². The number of nitrogens with zero attached hydrogens (tertiary/aromatic N) is 1. The largest absolute Gasteiger partial charge is 0.454 e. The van der Waals surface area contributed by atoms with Crippen molar-refractivity contribution < 1.29 is 14.0 Å². The summed E-state index contributed by atoms with van der Waals surface area (Å²) < 4.78 is 18.5. The quantitative estimate of drug-likeness (QED) is 0.430. The van der Waals surface area contributed by atoms with Crippen LogP contribution < -0.4 is 0 Å². The molecule has 0 aliphatic carbocycles. The van der Waals surface area contributed by atoms with E-state index in [1.165, 1.54) is 24.3 Å². The van der Waals surface area contributed by atoms with E-state index in [4.69, 9.17) is 9.62 Å². The Labute approximate surface area is 108 Å². The van der Waals surface area contributed by atoms with Gasteiger partial charge in [0.1, 0.15) is 11.4 Å². The van der Waals surface area contributed by atoms with Gasteiger partial charge in [-0.15, -0.1) is 0 Å². The second kappa shape index (κ2) is 4.57. The van der Waals surface area contributed by atoms with Crippen molar-refractivity contribution in [3.63, 3.8) is 0 Å². The minimum Gasteiger partial charge on any atom is -0.454 e. The van der Waals surface area contributed by atoms with E-state index in [1.807, 2.05) is 24.3 Å². The molecule has 1 N–H and O–H groups in total. The maximum absolute atomic E-state index is 12.9. The summed E-state index contributed by atoms with van der Waals surface area (Å²) in [6.07, 6.45) is 0. The maximum Gasteiger partial charge on any atom is 0.157 e. The van der Waals surface area contributed by atoms with E-state index >= 15 is 0 Å². The molecule has 0 amide bonds. The van der Waals surface area contributed by atoms with Crippen LogP contribution in [0, 0.1) is 5.82 Å². The van der Waals surface area contributed by atoms with Gasteiger partial charge in [-0.25, -0.2) is 4.39 Å². The lowest BCUT2D eigenvalue weighted by molar-refractivity contribution is 0.318. The molecule has 3 aromatic rings. The molecule has 1 aromatic heterocycles. The van der Waals surface area contributed by atoms with E-state index in [-0.39, 0.29) is 11.5 Å². The van der Waals surface area contributed by atoms with Crippen LogP contribution in [0.3, 0.4) is 0 Å². The number of hydrogen-bond donors (Lipinski definition) is 1. The lowest BCUT2D eigenvalue weighted by atomic mass is 10.1. The number of furan rings is 1. The third-order valence-corrected chi connectivity index (χ3v) is 2.88. The zero-order chi connectivity index (χ0) is 13.2. The average Bonchev–Trinajstić information content (AvgIpc) is 2.85. The van der Waals surface area contributed by atoms with Crippen LogP contribution in [0.4, 0.5) is 4.39 Å². The van der Waals surface area contributed by atoms with Crippen molar-refractivity contribution in [2.45, 2.75) is 0 Å². The highest BCUT2D eigenvalue weighted by molar-refractivity contribution is 6.12. The number of benzene rings is 2. The minimum absolute atomic E-state index is 0.274. The maximum atomic E-state index is 12.9. The fourth-order valence-corrected chi connectivity index (χ4v) is 1.96. The van der Waals surface area contributed by atoms with E-state index in [9.17, 15) is 4.39 Å². The van der Waals surface area contributed by atoms with Crippen LogP contribution in [0.25, 0.3) is 11.0 Å². The lowest BCUT2D eigenvalue weighted by Gasteiger charge is -2.00. The van der Waals surface area contributed by atoms with Crippen molar-refractivity contribution in [3.8, 4) is 0 Å². The summed E-state index contributed by atoms with van der Waals surface area (Å²) in [4.78, 5) is 0. The summed E-state index contributed by atoms with van der Waals surface area (Å²) in [5.74, 6) is 0.0981. The summed E-state index contributed by atoms with van der Waals surface area (Å²) in [7, 11) is 0. The van der Waals surface area contributed by atoms with E-state index in [1.54, 1.807) is 6.07 Å². The normalized spacial score (nSPS) is 11.9. The smallest absolute Gasteiger partial charge is 0.157 e. The molecule has 3 rings (SSSR count). The molecule has 94 valence electrons. The molecule has 0 saturated carbocycles. The Bertz CT molecular complexity index is 711. The molecular weight excluding hydrogens is 245 g/mol. The van der Waals surface area contributed by atoms with Crippen LogP contribution in [-0.2, 0) is 0 Å². The van der Waals surface area contributed by atoms with Crippen LogP contribution in [0.15, 0.2) is 64.2 Å². The molecule has 0 unspecified atom stereocenters. The summed E-state index contributed by atoms with van der Waals surface area (Å²) in [6, 6.07) is 15.0. The standard InChI is InChI=1S/C15H10FNO2/c16-12-7-5-10(6-8-12)15(17-18)14-9-11-3-1-2-4-13(11)19-14/h1-9,18H/b17-15-. The SMILES string of the molecule is O/N=C(/c1ccc(F)cc1)c1cc2ccccc2o1. The highest BCUT2D eigenvalue weighted by atomic mass is 19.1. The van der Waals surface area contributed by atoms with Crippen LogP contribution in [0.2, 0.25) is 0 Å². The van der Waals surface area contributed by atoms with Crippen molar-refractivity contribution in [1.82, 2.24) is 0 Å². The molecule has 0 aliphatic rings. The average molecular weight is 255 g/mol. The number of halogens is 1. The molecule has 1 heterocycles. The zero-order valence-corrected chi connectivity index (χ0v) is 9.88. The van der Waals surface area contributed by atoms with Crippen molar-refractivity contribution in [2.75, 3.05) is 0 Å². The van der Waals surface area contributed by atoms with Crippen molar-refractivity contribution in [2.24, 2.45) is 5.16 Å². The van der Waals surface area contributed by atoms with Gasteiger partial charge in [0.2, 0.25) is 0 Å². The Morgan fingerprint density at radius 3 is 2.47 bits per heavy atom. The fourth-order valence-electron chi connectivity index (χ4n) is 1.96. The second-order valence-corrected chi connectivity index (χ2v) is 4.10. The molecule has 0 saturated heterocycles. The molecule has 4 heteroatoms. The molecule has 0 atom stereocenters. The van der Waals surface area contributed by atoms with E-state index in [2.05, 4.69) is 5.16 Å². The summed E-state index contributed by atoms with van der Waals surface area (Å²) >= 11 is 0. The first-order chi connectivity index (χ1) is 9.28. The monoisotopic (exact) mass is 255 g/mol. The molecule has 0 aliphatic heterocycles. The first kappa shape index (κ1) is 11.5. The Morgan fingerprint density at radius 2 is 1.79 bits per heavy atom. The van der Waals surface area contributed by atoms with Gasteiger partial charge in [0.15, 0.2) is 11.5 Å². The van der Waals surface area contributed by atoms with Crippen LogP contribution in [-0.4, -0.2) is 10.9 Å². The summed E-state index contributed by atoms with van der Waals surface area (Å²) in [6.45, 7) is 0. The summed E-state index contributed by atoms with van der Waals surface area (Å²) in [5.41, 5.74) is 1.57.